The molecule has 18 heavy (non-hydrogen) atoms. The van der Waals surface area contributed by atoms with E-state index >= 15 is 0 Å². The molecule has 2 nitrogen and oxygen atoms in total. The van der Waals surface area contributed by atoms with Gasteiger partial charge in [-0.05, 0) is 30.4 Å². The lowest BCUT2D eigenvalue weighted by Crippen LogP contribution is -2.26. The summed E-state index contributed by atoms with van der Waals surface area (Å²) in [5.41, 5.74) is 7.15. The van der Waals surface area contributed by atoms with Crippen molar-refractivity contribution in [3.05, 3.63) is 47.7 Å². The average Bonchev–Trinajstić information content (AvgIpc) is 2.40. The molecule has 0 amide bonds. The van der Waals surface area contributed by atoms with Crippen LogP contribution in [0.5, 0.6) is 0 Å². The molecule has 1 aromatic carbocycles. The van der Waals surface area contributed by atoms with Crippen molar-refractivity contribution in [2.75, 3.05) is 0 Å². The predicted molar refractivity (Wildman–Crippen MR) is 75.4 cm³/mol. The number of rotatable bonds is 1. The average molecular weight is 240 g/mol. The second kappa shape index (κ2) is 5.38. The Bertz CT molecular complexity index is 459. The summed E-state index contributed by atoms with van der Waals surface area (Å²) < 4.78 is 0. The highest BCUT2D eigenvalue weighted by atomic mass is 15.3. The highest BCUT2D eigenvalue weighted by Crippen LogP contribution is 2.31. The standard InChI is InChI=1S/C16H20N2/c1-2-7-11-15-14(10-4-1)12-17-18-16(15)13-8-5-3-6-9-13/h3,5-6,8-9,12,15,17H,1-2,4,7,10-11H2. The molecule has 0 saturated heterocycles. The fourth-order valence-corrected chi connectivity index (χ4v) is 3.01. The van der Waals surface area contributed by atoms with Crippen molar-refractivity contribution in [1.82, 2.24) is 5.43 Å². The van der Waals surface area contributed by atoms with E-state index < -0.39 is 0 Å². The van der Waals surface area contributed by atoms with E-state index in [9.17, 15) is 0 Å². The van der Waals surface area contributed by atoms with Crippen LogP contribution in [0.15, 0.2) is 47.2 Å². The molecule has 1 aliphatic heterocycles. The van der Waals surface area contributed by atoms with E-state index in [0.717, 1.165) is 0 Å². The third-order valence-corrected chi connectivity index (χ3v) is 3.99. The quantitative estimate of drug-likeness (QED) is 0.792. The number of benzene rings is 1. The van der Waals surface area contributed by atoms with Crippen LogP contribution in [0.4, 0.5) is 0 Å². The Balaban J connectivity index is 1.88. The summed E-state index contributed by atoms with van der Waals surface area (Å²) in [6.45, 7) is 0. The van der Waals surface area contributed by atoms with Gasteiger partial charge in [-0.1, -0.05) is 49.6 Å². The lowest BCUT2D eigenvalue weighted by Gasteiger charge is -2.27. The fourth-order valence-electron chi connectivity index (χ4n) is 3.01. The molecular formula is C16H20N2. The van der Waals surface area contributed by atoms with E-state index in [1.165, 1.54) is 49.8 Å². The number of hydrogen-bond acceptors (Lipinski definition) is 2. The minimum absolute atomic E-state index is 0.536. The number of nitrogens with zero attached hydrogens (tertiary/aromatic N) is 1. The maximum Gasteiger partial charge on any atom is 0.0751 e. The molecule has 0 spiro atoms. The Morgan fingerprint density at radius 1 is 1.00 bits per heavy atom. The molecule has 1 saturated carbocycles. The van der Waals surface area contributed by atoms with Gasteiger partial charge in [-0.15, -0.1) is 0 Å². The van der Waals surface area contributed by atoms with Crippen molar-refractivity contribution >= 4 is 5.71 Å². The van der Waals surface area contributed by atoms with Crippen molar-refractivity contribution in [2.24, 2.45) is 11.0 Å². The molecule has 1 aliphatic carbocycles. The molecule has 0 radical (unpaired) electrons. The Hall–Kier alpha value is -1.57. The van der Waals surface area contributed by atoms with Crippen LogP contribution in [0.3, 0.4) is 0 Å². The third kappa shape index (κ3) is 2.33. The minimum Gasteiger partial charge on any atom is -0.286 e. The lowest BCUT2D eigenvalue weighted by molar-refractivity contribution is 0.518. The van der Waals surface area contributed by atoms with Crippen molar-refractivity contribution in [3.8, 4) is 0 Å². The van der Waals surface area contributed by atoms with Gasteiger partial charge in [0.2, 0.25) is 0 Å². The van der Waals surface area contributed by atoms with Gasteiger partial charge in [0.05, 0.1) is 5.71 Å². The summed E-state index contributed by atoms with van der Waals surface area (Å²) >= 11 is 0. The molecule has 1 fully saturated rings. The van der Waals surface area contributed by atoms with Crippen LogP contribution in [0.1, 0.15) is 44.1 Å². The van der Waals surface area contributed by atoms with Crippen molar-refractivity contribution in [1.29, 1.82) is 0 Å². The van der Waals surface area contributed by atoms with Gasteiger partial charge in [-0.2, -0.15) is 5.10 Å². The zero-order valence-electron chi connectivity index (χ0n) is 10.7. The number of hydrogen-bond donors (Lipinski definition) is 1. The fraction of sp³-hybridized carbons (Fsp3) is 0.438. The van der Waals surface area contributed by atoms with Crippen LogP contribution < -0.4 is 5.43 Å². The molecule has 0 aromatic heterocycles. The highest BCUT2D eigenvalue weighted by Gasteiger charge is 2.25. The topological polar surface area (TPSA) is 24.4 Å². The molecule has 1 atom stereocenters. The molecule has 94 valence electrons. The number of hydrazone groups is 1. The second-order valence-electron chi connectivity index (χ2n) is 5.22. The molecule has 3 rings (SSSR count). The number of nitrogens with one attached hydrogen (secondary N) is 1. The van der Waals surface area contributed by atoms with Crippen LogP contribution in [0, 0.1) is 5.92 Å². The van der Waals surface area contributed by atoms with Crippen LogP contribution in [-0.2, 0) is 0 Å². The molecule has 1 heterocycles. The maximum atomic E-state index is 4.55. The van der Waals surface area contributed by atoms with Crippen LogP contribution in [-0.4, -0.2) is 5.71 Å². The summed E-state index contributed by atoms with van der Waals surface area (Å²) in [6.07, 6.45) is 10.0. The zero-order chi connectivity index (χ0) is 12.2. The van der Waals surface area contributed by atoms with Gasteiger partial charge in [0.25, 0.3) is 0 Å². The zero-order valence-corrected chi connectivity index (χ0v) is 10.7. The second-order valence-corrected chi connectivity index (χ2v) is 5.22. The molecule has 2 heteroatoms. The van der Waals surface area contributed by atoms with Gasteiger partial charge in [0.15, 0.2) is 0 Å². The molecule has 1 unspecified atom stereocenters. The lowest BCUT2D eigenvalue weighted by atomic mass is 9.81. The summed E-state index contributed by atoms with van der Waals surface area (Å²) in [4.78, 5) is 0. The summed E-state index contributed by atoms with van der Waals surface area (Å²) in [5.74, 6) is 0.536. The molecule has 1 aromatic rings. The first-order valence-corrected chi connectivity index (χ1v) is 7.02. The molecule has 2 aliphatic rings. The predicted octanol–water partition coefficient (Wildman–Crippen LogP) is 3.85. The molecule has 1 N–H and O–H groups in total. The molecular weight excluding hydrogens is 220 g/mol. The summed E-state index contributed by atoms with van der Waals surface area (Å²) in [7, 11) is 0. The van der Waals surface area contributed by atoms with E-state index in [1.807, 2.05) is 0 Å². The largest absolute Gasteiger partial charge is 0.286 e. The minimum atomic E-state index is 0.536. The molecule has 0 bridgehead atoms. The summed E-state index contributed by atoms with van der Waals surface area (Å²) in [5, 5.41) is 4.55. The Morgan fingerprint density at radius 2 is 1.83 bits per heavy atom. The van der Waals surface area contributed by atoms with Gasteiger partial charge in [0.1, 0.15) is 0 Å². The van der Waals surface area contributed by atoms with Crippen LogP contribution >= 0.6 is 0 Å². The number of allylic oxidation sites excluding steroid dienone is 1. The van der Waals surface area contributed by atoms with E-state index in [0.29, 0.717) is 5.92 Å². The highest BCUT2D eigenvalue weighted by molar-refractivity contribution is 6.04. The van der Waals surface area contributed by atoms with Gasteiger partial charge < -0.3 is 0 Å². The van der Waals surface area contributed by atoms with E-state index in [2.05, 4.69) is 47.1 Å². The first-order valence-electron chi connectivity index (χ1n) is 7.02. The van der Waals surface area contributed by atoms with Crippen molar-refractivity contribution in [3.63, 3.8) is 0 Å². The smallest absolute Gasteiger partial charge is 0.0751 e. The van der Waals surface area contributed by atoms with Gasteiger partial charge in [-0.25, -0.2) is 0 Å². The van der Waals surface area contributed by atoms with Gasteiger partial charge >= 0.3 is 0 Å². The van der Waals surface area contributed by atoms with Crippen molar-refractivity contribution < 1.29 is 0 Å². The van der Waals surface area contributed by atoms with Gasteiger partial charge in [0, 0.05) is 12.1 Å². The number of fused-ring (bicyclic) bond motifs is 1. The van der Waals surface area contributed by atoms with E-state index in [4.69, 9.17) is 0 Å². The van der Waals surface area contributed by atoms with Gasteiger partial charge in [-0.3, -0.25) is 5.43 Å². The Labute approximate surface area is 109 Å². The maximum absolute atomic E-state index is 4.55. The van der Waals surface area contributed by atoms with Crippen molar-refractivity contribution in [2.45, 2.75) is 38.5 Å². The monoisotopic (exact) mass is 240 g/mol. The first kappa shape index (κ1) is 11.5. The van der Waals surface area contributed by atoms with Crippen LogP contribution in [0.2, 0.25) is 0 Å². The first-order chi connectivity index (χ1) is 8.95. The normalized spacial score (nSPS) is 23.9. The van der Waals surface area contributed by atoms with E-state index in [1.54, 1.807) is 5.57 Å². The van der Waals surface area contributed by atoms with Crippen LogP contribution in [0.25, 0.3) is 0 Å². The summed E-state index contributed by atoms with van der Waals surface area (Å²) in [6, 6.07) is 10.6. The SMILES string of the molecule is C1=C2CCCCCCC2C(c2ccccc2)=NN1. The Kier molecular flexibility index (Phi) is 3.44. The Morgan fingerprint density at radius 3 is 2.72 bits per heavy atom. The third-order valence-electron chi connectivity index (χ3n) is 3.99. The van der Waals surface area contributed by atoms with E-state index in [-0.39, 0.29) is 0 Å².